The predicted molar refractivity (Wildman–Crippen MR) is 64.8 cm³/mol. The van der Waals surface area contributed by atoms with E-state index in [9.17, 15) is 0 Å². The molecule has 0 saturated heterocycles. The zero-order valence-corrected chi connectivity index (χ0v) is 9.41. The molecule has 4 N–H and O–H groups in total. The van der Waals surface area contributed by atoms with Gasteiger partial charge < -0.3 is 5.32 Å². The van der Waals surface area contributed by atoms with Crippen molar-refractivity contribution in [2.24, 2.45) is 10.8 Å². The average molecular weight is 206 g/mol. The summed E-state index contributed by atoms with van der Waals surface area (Å²) in [4.78, 5) is 3.97. The summed E-state index contributed by atoms with van der Waals surface area (Å²) < 4.78 is 0. The molecule has 0 aliphatic heterocycles. The number of guanidine groups is 1. The van der Waals surface area contributed by atoms with Gasteiger partial charge in [-0.25, -0.2) is 5.84 Å². The molecule has 0 unspecified atom stereocenters. The van der Waals surface area contributed by atoms with Crippen LogP contribution in [0.2, 0.25) is 0 Å². The van der Waals surface area contributed by atoms with Gasteiger partial charge in [0.15, 0.2) is 0 Å². The first-order valence-electron chi connectivity index (χ1n) is 4.98. The van der Waals surface area contributed by atoms with Gasteiger partial charge in [-0.15, -0.1) is 0 Å². The average Bonchev–Trinajstić information content (AvgIpc) is 2.26. The third-order valence-electron chi connectivity index (χ3n) is 2.20. The third kappa shape index (κ3) is 2.95. The van der Waals surface area contributed by atoms with Crippen LogP contribution in [-0.4, -0.2) is 13.0 Å². The van der Waals surface area contributed by atoms with Gasteiger partial charge in [0.25, 0.3) is 0 Å². The molecule has 0 aliphatic rings. The van der Waals surface area contributed by atoms with Crippen molar-refractivity contribution in [1.82, 2.24) is 5.43 Å². The Morgan fingerprint density at radius 2 is 2.00 bits per heavy atom. The molecule has 0 spiro atoms. The Kier molecular flexibility index (Phi) is 4.12. The van der Waals surface area contributed by atoms with Crippen LogP contribution >= 0.6 is 0 Å². The van der Waals surface area contributed by atoms with Gasteiger partial charge in [-0.05, 0) is 17.5 Å². The van der Waals surface area contributed by atoms with Gasteiger partial charge in [0.1, 0.15) is 0 Å². The molecule has 4 heteroatoms. The van der Waals surface area contributed by atoms with Gasteiger partial charge in [-0.1, -0.05) is 32.0 Å². The van der Waals surface area contributed by atoms with E-state index in [1.165, 1.54) is 5.56 Å². The number of anilines is 1. The highest BCUT2D eigenvalue weighted by atomic mass is 15.3. The van der Waals surface area contributed by atoms with Crippen molar-refractivity contribution in [1.29, 1.82) is 0 Å². The van der Waals surface area contributed by atoms with Crippen LogP contribution in [0.25, 0.3) is 0 Å². The molecule has 0 amide bonds. The van der Waals surface area contributed by atoms with Gasteiger partial charge in [0.05, 0.1) is 0 Å². The summed E-state index contributed by atoms with van der Waals surface area (Å²) in [7, 11) is 1.68. The van der Waals surface area contributed by atoms with E-state index >= 15 is 0 Å². The lowest BCUT2D eigenvalue weighted by molar-refractivity contribution is 0.868. The molecule has 0 aliphatic carbocycles. The van der Waals surface area contributed by atoms with E-state index in [4.69, 9.17) is 5.84 Å². The van der Waals surface area contributed by atoms with E-state index in [1.54, 1.807) is 7.05 Å². The first-order chi connectivity index (χ1) is 7.19. The van der Waals surface area contributed by atoms with E-state index in [1.807, 2.05) is 18.2 Å². The number of rotatable bonds is 2. The standard InChI is InChI=1S/C11H18N4/c1-8(2)9-6-4-5-7-10(9)14-11(13-3)15-12/h4-8H,12H2,1-3H3,(H2,13,14,15). The second-order valence-electron chi connectivity index (χ2n) is 3.58. The van der Waals surface area contributed by atoms with Crippen LogP contribution in [0.15, 0.2) is 29.3 Å². The Balaban J connectivity index is 2.93. The fourth-order valence-electron chi connectivity index (χ4n) is 1.40. The molecule has 1 aromatic rings. The SMILES string of the molecule is CN=C(NN)Nc1ccccc1C(C)C. The molecule has 1 rings (SSSR count). The minimum absolute atomic E-state index is 0.463. The first kappa shape index (κ1) is 11.5. The molecule has 0 heterocycles. The van der Waals surface area contributed by atoms with Crippen molar-refractivity contribution < 1.29 is 0 Å². The number of hydrogen-bond donors (Lipinski definition) is 3. The number of hydrazine groups is 1. The quantitative estimate of drug-likeness (QED) is 0.298. The second-order valence-corrected chi connectivity index (χ2v) is 3.58. The molecule has 4 nitrogen and oxygen atoms in total. The summed E-state index contributed by atoms with van der Waals surface area (Å²) in [5, 5.41) is 3.14. The molecule has 0 bridgehead atoms. The number of para-hydroxylation sites is 1. The lowest BCUT2D eigenvalue weighted by atomic mass is 10.0. The molecule has 0 fully saturated rings. The van der Waals surface area contributed by atoms with Crippen LogP contribution in [0.4, 0.5) is 5.69 Å². The molecule has 0 atom stereocenters. The molecule has 0 saturated carbocycles. The summed E-state index contributed by atoms with van der Waals surface area (Å²) in [5.41, 5.74) is 4.78. The van der Waals surface area contributed by atoms with Crippen molar-refractivity contribution in [3.8, 4) is 0 Å². The third-order valence-corrected chi connectivity index (χ3v) is 2.20. The van der Waals surface area contributed by atoms with Gasteiger partial charge in [0, 0.05) is 12.7 Å². The fraction of sp³-hybridized carbons (Fsp3) is 0.364. The van der Waals surface area contributed by atoms with E-state index in [2.05, 4.69) is 35.6 Å². The lowest BCUT2D eigenvalue weighted by Gasteiger charge is -2.14. The van der Waals surface area contributed by atoms with Crippen LogP contribution < -0.4 is 16.6 Å². The summed E-state index contributed by atoms with van der Waals surface area (Å²) in [5.74, 6) is 6.34. The van der Waals surface area contributed by atoms with Gasteiger partial charge in [-0.2, -0.15) is 0 Å². The smallest absolute Gasteiger partial charge is 0.209 e. The number of nitrogens with two attached hydrogens (primary N) is 1. The Morgan fingerprint density at radius 1 is 1.33 bits per heavy atom. The monoisotopic (exact) mass is 206 g/mol. The zero-order chi connectivity index (χ0) is 11.3. The van der Waals surface area contributed by atoms with E-state index in [0.717, 1.165) is 5.69 Å². The highest BCUT2D eigenvalue weighted by molar-refractivity contribution is 5.93. The number of nitrogens with one attached hydrogen (secondary N) is 2. The largest absolute Gasteiger partial charge is 0.325 e. The Morgan fingerprint density at radius 3 is 2.53 bits per heavy atom. The maximum Gasteiger partial charge on any atom is 0.209 e. The molecule has 0 aromatic heterocycles. The van der Waals surface area contributed by atoms with Crippen LogP contribution in [0.3, 0.4) is 0 Å². The first-order valence-corrected chi connectivity index (χ1v) is 4.98. The van der Waals surface area contributed by atoms with Crippen molar-refractivity contribution >= 4 is 11.6 Å². The molecule has 0 radical (unpaired) electrons. The summed E-state index contributed by atoms with van der Waals surface area (Å²) in [6.45, 7) is 4.30. The summed E-state index contributed by atoms with van der Waals surface area (Å²) in [6, 6.07) is 8.12. The minimum Gasteiger partial charge on any atom is -0.325 e. The Hall–Kier alpha value is -1.55. The Bertz CT molecular complexity index is 344. The van der Waals surface area contributed by atoms with E-state index in [0.29, 0.717) is 11.9 Å². The van der Waals surface area contributed by atoms with Crippen molar-refractivity contribution in [2.75, 3.05) is 12.4 Å². The minimum atomic E-state index is 0.463. The van der Waals surface area contributed by atoms with Crippen molar-refractivity contribution in [3.05, 3.63) is 29.8 Å². The number of hydrogen-bond acceptors (Lipinski definition) is 2. The Labute approximate surface area is 90.6 Å². The summed E-state index contributed by atoms with van der Waals surface area (Å²) >= 11 is 0. The number of benzene rings is 1. The predicted octanol–water partition coefficient (Wildman–Crippen LogP) is 1.67. The van der Waals surface area contributed by atoms with Gasteiger partial charge >= 0.3 is 0 Å². The zero-order valence-electron chi connectivity index (χ0n) is 9.41. The molecule has 15 heavy (non-hydrogen) atoms. The highest BCUT2D eigenvalue weighted by Crippen LogP contribution is 2.23. The highest BCUT2D eigenvalue weighted by Gasteiger charge is 2.06. The molecule has 1 aromatic carbocycles. The second kappa shape index (κ2) is 5.36. The molecule has 82 valence electrons. The van der Waals surface area contributed by atoms with Crippen LogP contribution in [0.5, 0.6) is 0 Å². The fourth-order valence-corrected chi connectivity index (χ4v) is 1.40. The van der Waals surface area contributed by atoms with Gasteiger partial charge in [-0.3, -0.25) is 10.4 Å². The molecular weight excluding hydrogens is 188 g/mol. The topological polar surface area (TPSA) is 62.4 Å². The van der Waals surface area contributed by atoms with Crippen LogP contribution in [0.1, 0.15) is 25.3 Å². The summed E-state index contributed by atoms with van der Waals surface area (Å²) in [6.07, 6.45) is 0. The van der Waals surface area contributed by atoms with Gasteiger partial charge in [0.2, 0.25) is 5.96 Å². The van der Waals surface area contributed by atoms with E-state index < -0.39 is 0 Å². The normalized spacial score (nSPS) is 11.7. The van der Waals surface area contributed by atoms with Crippen molar-refractivity contribution in [3.63, 3.8) is 0 Å². The maximum atomic E-state index is 5.31. The number of aliphatic imine (C=N–C) groups is 1. The van der Waals surface area contributed by atoms with Crippen LogP contribution in [0, 0.1) is 0 Å². The molecular formula is C11H18N4. The van der Waals surface area contributed by atoms with E-state index in [-0.39, 0.29) is 0 Å². The lowest BCUT2D eigenvalue weighted by Crippen LogP contribution is -2.36. The maximum absolute atomic E-state index is 5.31. The van der Waals surface area contributed by atoms with Crippen LogP contribution in [-0.2, 0) is 0 Å². The van der Waals surface area contributed by atoms with Crippen molar-refractivity contribution in [2.45, 2.75) is 19.8 Å². The number of nitrogens with zero attached hydrogens (tertiary/aromatic N) is 1.